The van der Waals surface area contributed by atoms with E-state index >= 15 is 0 Å². The molecule has 3 heterocycles. The molecule has 11 heteroatoms. The van der Waals surface area contributed by atoms with Crippen molar-refractivity contribution in [1.29, 1.82) is 0 Å². The van der Waals surface area contributed by atoms with E-state index in [-0.39, 0.29) is 29.8 Å². The van der Waals surface area contributed by atoms with Crippen LogP contribution in [-0.4, -0.2) is 93.8 Å². The van der Waals surface area contributed by atoms with Crippen molar-refractivity contribution in [3.8, 4) is 5.75 Å². The van der Waals surface area contributed by atoms with Crippen LogP contribution in [0.4, 0.5) is 11.6 Å². The van der Waals surface area contributed by atoms with Gasteiger partial charge < -0.3 is 26.2 Å². The van der Waals surface area contributed by atoms with Gasteiger partial charge in [-0.2, -0.15) is 0 Å². The number of aromatic nitrogens is 2. The zero-order valence-corrected chi connectivity index (χ0v) is 22.4. The molecule has 1 aromatic carbocycles. The summed E-state index contributed by atoms with van der Waals surface area (Å²) >= 11 is 6.45. The Morgan fingerprint density at radius 2 is 1.97 bits per heavy atom. The molecule has 0 unspecified atom stereocenters. The molecule has 2 aliphatic heterocycles. The van der Waals surface area contributed by atoms with Gasteiger partial charge in [0.25, 0.3) is 5.91 Å². The number of nitrogens with one attached hydrogen (secondary N) is 1. The third-order valence-corrected chi connectivity index (χ3v) is 7.69. The molecule has 0 spiro atoms. The molecule has 2 aromatic rings. The van der Waals surface area contributed by atoms with Gasteiger partial charge in [0.2, 0.25) is 0 Å². The molecule has 0 radical (unpaired) electrons. The van der Waals surface area contributed by atoms with Gasteiger partial charge in [-0.15, -0.1) is 0 Å². The first-order valence-electron chi connectivity index (χ1n) is 13.0. The minimum atomic E-state index is -0.507. The summed E-state index contributed by atoms with van der Waals surface area (Å²) in [6.07, 6.45) is 3.18. The Balaban J connectivity index is 1.36. The first-order chi connectivity index (χ1) is 17.8. The van der Waals surface area contributed by atoms with Gasteiger partial charge in [-0.1, -0.05) is 30.7 Å². The Morgan fingerprint density at radius 3 is 2.65 bits per heavy atom. The van der Waals surface area contributed by atoms with Gasteiger partial charge in [-0.25, -0.2) is 9.97 Å². The second kappa shape index (κ2) is 12.3. The molecule has 1 aromatic heterocycles. The highest BCUT2D eigenvalue weighted by Crippen LogP contribution is 2.30. The second-order valence-electron chi connectivity index (χ2n) is 9.94. The van der Waals surface area contributed by atoms with Crippen molar-refractivity contribution in [2.24, 2.45) is 0 Å². The summed E-state index contributed by atoms with van der Waals surface area (Å²) in [7, 11) is 0. The Kier molecular flexibility index (Phi) is 9.07. The number of halogens is 1. The lowest BCUT2D eigenvalue weighted by molar-refractivity contribution is 0.0608. The third kappa shape index (κ3) is 6.43. The van der Waals surface area contributed by atoms with Crippen LogP contribution in [0.3, 0.4) is 0 Å². The normalized spacial score (nSPS) is 19.8. The number of hydrogen-bond donors (Lipinski definition) is 4. The number of nitrogens with two attached hydrogens (primary N) is 1. The van der Waals surface area contributed by atoms with Crippen LogP contribution in [0, 0.1) is 6.92 Å². The van der Waals surface area contributed by atoms with Gasteiger partial charge in [0.1, 0.15) is 5.75 Å². The number of aliphatic hydroxyl groups excluding tert-OH is 1. The molecule has 2 aliphatic rings. The number of amides is 1. The third-order valence-electron chi connectivity index (χ3n) is 7.44. The summed E-state index contributed by atoms with van der Waals surface area (Å²) in [6, 6.07) is 6.77. The maximum Gasteiger partial charge on any atom is 0.273 e. The van der Waals surface area contributed by atoms with E-state index < -0.39 is 5.91 Å². The molecule has 0 saturated carbocycles. The molecular formula is C26H38ClN7O3. The highest BCUT2D eigenvalue weighted by Gasteiger charge is 2.34. The zero-order valence-electron chi connectivity index (χ0n) is 21.7. The molecule has 10 nitrogen and oxygen atoms in total. The topological polar surface area (TPSA) is 131 Å². The summed E-state index contributed by atoms with van der Waals surface area (Å²) in [5.74, 6) is 0.402. The fraction of sp³-hybridized carbons (Fsp3) is 0.577. The fourth-order valence-corrected chi connectivity index (χ4v) is 5.65. The number of likely N-dealkylation sites (tertiary alicyclic amines) is 1. The fourth-order valence-electron chi connectivity index (χ4n) is 5.40. The van der Waals surface area contributed by atoms with E-state index in [1.807, 2.05) is 19.1 Å². The van der Waals surface area contributed by atoms with Crippen molar-refractivity contribution in [3.63, 3.8) is 0 Å². The predicted octanol–water partition coefficient (Wildman–Crippen LogP) is 2.01. The first kappa shape index (κ1) is 27.4. The average Bonchev–Trinajstić information content (AvgIpc) is 2.90. The maximum absolute atomic E-state index is 12.2. The standard InChI is InChI=1S/C26H38ClN7O3/c1-3-19-16-33(25-23(27)30-22(24(28)31-25)26(37)29-8-13-35)11-12-34(19)20-6-9-32(10-7-20)15-18-5-4-17(2)14-21(18)36/h4-5,14,19-20,35-36H,3,6-13,15-16H2,1-2H3,(H2,28,31)(H,29,37)/t19-/m0/s1. The molecule has 5 N–H and O–H groups in total. The summed E-state index contributed by atoms with van der Waals surface area (Å²) in [6.45, 7) is 9.29. The van der Waals surface area contributed by atoms with Gasteiger partial charge in [0.05, 0.1) is 6.61 Å². The Hall–Kier alpha value is -2.66. The van der Waals surface area contributed by atoms with Gasteiger partial charge in [0.15, 0.2) is 22.5 Å². The zero-order chi connectivity index (χ0) is 26.5. The van der Waals surface area contributed by atoms with Crippen LogP contribution in [0.25, 0.3) is 0 Å². The number of aliphatic hydroxyl groups is 1. The number of phenols is 1. The van der Waals surface area contributed by atoms with E-state index in [0.29, 0.717) is 23.7 Å². The summed E-state index contributed by atoms with van der Waals surface area (Å²) in [5.41, 5.74) is 8.08. The Bertz CT molecular complexity index is 1090. The number of carbonyl (C=O) groups excluding carboxylic acids is 1. The smallest absolute Gasteiger partial charge is 0.273 e. The number of rotatable bonds is 8. The predicted molar refractivity (Wildman–Crippen MR) is 145 cm³/mol. The minimum absolute atomic E-state index is 0.0253. The number of hydrogen-bond acceptors (Lipinski definition) is 9. The van der Waals surface area contributed by atoms with E-state index in [9.17, 15) is 9.90 Å². The van der Waals surface area contributed by atoms with Crippen LogP contribution in [0.2, 0.25) is 5.15 Å². The monoisotopic (exact) mass is 531 g/mol. The lowest BCUT2D eigenvalue weighted by atomic mass is 9.97. The first-order valence-corrected chi connectivity index (χ1v) is 13.4. The largest absolute Gasteiger partial charge is 0.508 e. The molecular weight excluding hydrogens is 494 g/mol. The highest BCUT2D eigenvalue weighted by molar-refractivity contribution is 6.32. The molecule has 0 bridgehead atoms. The lowest BCUT2D eigenvalue weighted by Crippen LogP contribution is -2.58. The van der Waals surface area contributed by atoms with Crippen molar-refractivity contribution in [1.82, 2.24) is 25.1 Å². The molecule has 1 atom stereocenters. The second-order valence-corrected chi connectivity index (χ2v) is 10.3. The van der Waals surface area contributed by atoms with Crippen molar-refractivity contribution >= 4 is 29.1 Å². The Morgan fingerprint density at radius 1 is 1.22 bits per heavy atom. The quantitative estimate of drug-likeness (QED) is 0.404. The average molecular weight is 532 g/mol. The van der Waals surface area contributed by atoms with Gasteiger partial charge >= 0.3 is 0 Å². The van der Waals surface area contributed by atoms with Gasteiger partial charge in [0, 0.05) is 50.4 Å². The SMILES string of the molecule is CC[C@H]1CN(c2nc(N)c(C(=O)NCCO)nc2Cl)CCN1C1CCN(Cc2ccc(C)cc2O)CC1. The van der Waals surface area contributed by atoms with Crippen molar-refractivity contribution in [2.45, 2.75) is 51.7 Å². The number of aryl methyl sites for hydroxylation is 1. The van der Waals surface area contributed by atoms with Gasteiger partial charge in [-0.05, 0) is 50.9 Å². The summed E-state index contributed by atoms with van der Waals surface area (Å²) in [5, 5.41) is 21.9. The van der Waals surface area contributed by atoms with Crippen LogP contribution in [-0.2, 0) is 6.54 Å². The van der Waals surface area contributed by atoms with Crippen molar-refractivity contribution in [2.75, 3.05) is 56.5 Å². The lowest BCUT2D eigenvalue weighted by Gasteiger charge is -2.47. The molecule has 202 valence electrons. The number of benzene rings is 1. The van der Waals surface area contributed by atoms with E-state index in [1.54, 1.807) is 0 Å². The van der Waals surface area contributed by atoms with Crippen molar-refractivity contribution < 1.29 is 15.0 Å². The van der Waals surface area contributed by atoms with Crippen LogP contribution < -0.4 is 16.0 Å². The molecule has 1 amide bonds. The van der Waals surface area contributed by atoms with Crippen molar-refractivity contribution in [3.05, 3.63) is 40.2 Å². The number of piperazine rings is 1. The Labute approximate surface area is 223 Å². The van der Waals surface area contributed by atoms with Gasteiger partial charge in [-0.3, -0.25) is 14.6 Å². The molecule has 2 fully saturated rings. The summed E-state index contributed by atoms with van der Waals surface area (Å²) in [4.78, 5) is 28.1. The van der Waals surface area contributed by atoms with Crippen LogP contribution in [0.1, 0.15) is 47.8 Å². The minimum Gasteiger partial charge on any atom is -0.508 e. The number of carbonyl (C=O) groups is 1. The van der Waals surface area contributed by atoms with E-state index in [2.05, 4.69) is 43.0 Å². The highest BCUT2D eigenvalue weighted by atomic mass is 35.5. The van der Waals surface area contributed by atoms with E-state index in [0.717, 1.165) is 69.7 Å². The molecule has 0 aliphatic carbocycles. The van der Waals surface area contributed by atoms with Crippen LogP contribution in [0.15, 0.2) is 18.2 Å². The number of phenolic OH excluding ortho intramolecular Hbond substituents is 1. The van der Waals surface area contributed by atoms with Crippen LogP contribution >= 0.6 is 11.6 Å². The summed E-state index contributed by atoms with van der Waals surface area (Å²) < 4.78 is 0. The number of nitrogen functional groups attached to an aromatic ring is 1. The maximum atomic E-state index is 12.2. The van der Waals surface area contributed by atoms with E-state index in [4.69, 9.17) is 22.4 Å². The van der Waals surface area contributed by atoms with E-state index in [1.165, 1.54) is 0 Å². The number of nitrogens with zero attached hydrogens (tertiary/aromatic N) is 5. The number of anilines is 2. The molecule has 2 saturated heterocycles. The molecule has 37 heavy (non-hydrogen) atoms. The number of piperidine rings is 1. The van der Waals surface area contributed by atoms with Crippen LogP contribution in [0.5, 0.6) is 5.75 Å². The molecule has 4 rings (SSSR count). The number of aromatic hydroxyl groups is 1.